The smallest absolute Gasteiger partial charge is 0.542 e. The monoisotopic (exact) mass is 507 g/mol. The Morgan fingerprint density at radius 1 is 1.12 bits per heavy atom. The van der Waals surface area contributed by atoms with E-state index in [4.69, 9.17) is 4.74 Å². The predicted octanol–water partition coefficient (Wildman–Crippen LogP) is 2.10. The van der Waals surface area contributed by atoms with Crippen LogP contribution in [-0.4, -0.2) is 31.2 Å². The standard InChI is InChI=1S/C21H19F4N3O4S.Na/c1-3-4-20(29)27-33(30,31)15-9-10-17(16(22)11-15)28-18(12-19(26-28)21(23,24)25)13-5-7-14(32-2)8-6-13;/h5-12H,3-4H2,1-2H3,(H,27,29);/q;+1/p-1. The van der Waals surface area contributed by atoms with Crippen molar-refractivity contribution in [3.8, 4) is 22.7 Å². The summed E-state index contributed by atoms with van der Waals surface area (Å²) in [4.78, 5) is 11.0. The van der Waals surface area contributed by atoms with Crippen molar-refractivity contribution in [2.75, 3.05) is 7.11 Å². The van der Waals surface area contributed by atoms with Gasteiger partial charge in [0.2, 0.25) is 0 Å². The van der Waals surface area contributed by atoms with Gasteiger partial charge in [0.15, 0.2) is 5.69 Å². The molecular formula is C21H18F4N3NaO4S. The van der Waals surface area contributed by atoms with E-state index in [1.165, 1.54) is 31.4 Å². The molecule has 0 saturated heterocycles. The van der Waals surface area contributed by atoms with E-state index in [1.54, 1.807) is 6.92 Å². The van der Waals surface area contributed by atoms with Crippen LogP contribution >= 0.6 is 0 Å². The zero-order valence-electron chi connectivity index (χ0n) is 18.4. The van der Waals surface area contributed by atoms with Gasteiger partial charge in [-0.2, -0.15) is 18.3 Å². The van der Waals surface area contributed by atoms with E-state index in [-0.39, 0.29) is 47.2 Å². The van der Waals surface area contributed by atoms with Gasteiger partial charge in [0, 0.05) is 5.56 Å². The number of nitrogens with zero attached hydrogens (tertiary/aromatic N) is 3. The second-order valence-corrected chi connectivity index (χ2v) is 8.48. The third-order valence-electron chi connectivity index (χ3n) is 4.52. The average molecular weight is 507 g/mol. The number of sulfonamides is 1. The zero-order chi connectivity index (χ0) is 24.4. The molecule has 3 aromatic rings. The number of carbonyl (C=O) groups excluding carboxylic acids is 1. The summed E-state index contributed by atoms with van der Waals surface area (Å²) in [6.07, 6.45) is -4.52. The Bertz CT molecular complexity index is 1280. The number of halogens is 4. The number of carbonyl (C=O) groups is 1. The first-order valence-corrected chi connectivity index (χ1v) is 11.0. The second-order valence-electron chi connectivity index (χ2n) is 6.88. The summed E-state index contributed by atoms with van der Waals surface area (Å²) >= 11 is 0. The number of aromatic nitrogens is 2. The molecule has 176 valence electrons. The number of benzene rings is 2. The first-order chi connectivity index (χ1) is 15.5. The van der Waals surface area contributed by atoms with Gasteiger partial charge in [-0.05, 0) is 55.0 Å². The van der Waals surface area contributed by atoms with Crippen LogP contribution in [0.1, 0.15) is 25.5 Å². The number of ether oxygens (including phenoxy) is 1. The van der Waals surface area contributed by atoms with E-state index in [0.29, 0.717) is 18.2 Å². The fraction of sp³-hybridized carbons (Fsp3) is 0.238. The molecule has 2 aromatic carbocycles. The summed E-state index contributed by atoms with van der Waals surface area (Å²) in [6.45, 7) is 1.66. The van der Waals surface area contributed by atoms with Gasteiger partial charge in [-0.25, -0.2) is 17.5 Å². The summed E-state index contributed by atoms with van der Waals surface area (Å²) in [7, 11) is -3.05. The Morgan fingerprint density at radius 3 is 2.29 bits per heavy atom. The Balaban J connectivity index is 0.00000408. The molecule has 0 aliphatic carbocycles. The summed E-state index contributed by atoms with van der Waals surface area (Å²) in [5.41, 5.74) is -1.47. The van der Waals surface area contributed by atoms with Gasteiger partial charge in [-0.15, -0.1) is 0 Å². The third kappa shape index (κ3) is 6.17. The quantitative estimate of drug-likeness (QED) is 0.361. The maximum Gasteiger partial charge on any atom is 1.00 e. The van der Waals surface area contributed by atoms with Crippen LogP contribution in [0.5, 0.6) is 5.75 Å². The predicted molar refractivity (Wildman–Crippen MR) is 111 cm³/mol. The Kier molecular flexibility index (Phi) is 8.92. The van der Waals surface area contributed by atoms with Crippen LogP contribution < -0.4 is 34.3 Å². The molecule has 0 radical (unpaired) electrons. The fourth-order valence-electron chi connectivity index (χ4n) is 2.94. The summed E-state index contributed by atoms with van der Waals surface area (Å²) in [6, 6.07) is 9.22. The molecule has 0 aliphatic rings. The van der Waals surface area contributed by atoms with Crippen LogP contribution in [-0.2, 0) is 21.0 Å². The van der Waals surface area contributed by atoms with E-state index >= 15 is 0 Å². The molecule has 7 nitrogen and oxygen atoms in total. The normalized spacial score (nSPS) is 11.6. The van der Waals surface area contributed by atoms with Crippen LogP contribution in [0.3, 0.4) is 0 Å². The first-order valence-electron chi connectivity index (χ1n) is 9.58. The fourth-order valence-corrected chi connectivity index (χ4v) is 3.89. The average Bonchev–Trinajstić information content (AvgIpc) is 3.19. The second kappa shape index (κ2) is 10.9. The van der Waals surface area contributed by atoms with E-state index in [2.05, 4.69) is 9.82 Å². The number of hydrogen-bond donors (Lipinski definition) is 0. The minimum Gasteiger partial charge on any atom is -0.542 e. The molecule has 0 bridgehead atoms. The maximum atomic E-state index is 14.9. The number of methoxy groups -OCH3 is 1. The zero-order valence-corrected chi connectivity index (χ0v) is 21.2. The van der Waals surface area contributed by atoms with Crippen molar-refractivity contribution in [3.05, 3.63) is 64.8 Å². The summed E-state index contributed by atoms with van der Waals surface area (Å²) < 4.78 is 88.3. The minimum absolute atomic E-state index is 0. The van der Waals surface area contributed by atoms with Gasteiger partial charge in [0.1, 0.15) is 27.3 Å². The molecule has 1 aromatic heterocycles. The molecule has 0 spiro atoms. The van der Waals surface area contributed by atoms with E-state index in [0.717, 1.165) is 22.9 Å². The molecule has 34 heavy (non-hydrogen) atoms. The molecule has 0 N–H and O–H groups in total. The molecule has 1 heterocycles. The van der Waals surface area contributed by atoms with Gasteiger partial charge >= 0.3 is 35.7 Å². The molecular weight excluding hydrogens is 489 g/mol. The Hall–Kier alpha value is -2.41. The third-order valence-corrected chi connectivity index (χ3v) is 5.81. The van der Waals surface area contributed by atoms with Crippen molar-refractivity contribution in [1.29, 1.82) is 0 Å². The minimum atomic E-state index is -4.80. The van der Waals surface area contributed by atoms with Crippen molar-refractivity contribution >= 4 is 15.9 Å². The first kappa shape index (κ1) is 27.8. The van der Waals surface area contributed by atoms with Crippen LogP contribution in [0.4, 0.5) is 17.6 Å². The maximum absolute atomic E-state index is 14.9. The number of amides is 1. The van der Waals surface area contributed by atoms with E-state index < -0.39 is 44.2 Å². The molecule has 0 saturated carbocycles. The van der Waals surface area contributed by atoms with Gasteiger partial charge < -0.3 is 14.3 Å². The van der Waals surface area contributed by atoms with Crippen molar-refractivity contribution in [3.63, 3.8) is 0 Å². The van der Waals surface area contributed by atoms with Crippen molar-refractivity contribution in [2.24, 2.45) is 0 Å². The van der Waals surface area contributed by atoms with E-state index in [9.17, 15) is 30.8 Å². The molecule has 0 fully saturated rings. The van der Waals surface area contributed by atoms with E-state index in [1.807, 2.05) is 0 Å². The van der Waals surface area contributed by atoms with Crippen LogP contribution in [0.25, 0.3) is 21.7 Å². The molecule has 13 heteroatoms. The number of alkyl halides is 3. The van der Waals surface area contributed by atoms with Crippen molar-refractivity contribution in [1.82, 2.24) is 9.78 Å². The summed E-state index contributed by atoms with van der Waals surface area (Å²) in [5, 5.41) is 3.49. The molecule has 3 rings (SSSR count). The topological polar surface area (TPSA) is 92.4 Å². The largest absolute Gasteiger partial charge is 1.00 e. The van der Waals surface area contributed by atoms with Crippen molar-refractivity contribution in [2.45, 2.75) is 30.8 Å². The van der Waals surface area contributed by atoms with Crippen LogP contribution in [0.2, 0.25) is 0 Å². The Morgan fingerprint density at radius 2 is 1.76 bits per heavy atom. The van der Waals surface area contributed by atoms with Gasteiger partial charge in [-0.3, -0.25) is 0 Å². The molecule has 1 amide bonds. The van der Waals surface area contributed by atoms with Crippen LogP contribution in [0.15, 0.2) is 53.4 Å². The van der Waals surface area contributed by atoms with Gasteiger partial charge in [0.05, 0.1) is 23.6 Å². The SMILES string of the molecule is CCCC(=O)[N-]S(=O)(=O)c1ccc(-n2nc(C(F)(F)F)cc2-c2ccc(OC)cc2)c(F)c1.[Na+]. The van der Waals surface area contributed by atoms with Crippen molar-refractivity contribution < 1.29 is 65.1 Å². The molecule has 0 atom stereocenters. The van der Waals surface area contributed by atoms with Gasteiger partial charge in [0.25, 0.3) is 0 Å². The molecule has 0 unspecified atom stereocenters. The summed E-state index contributed by atoms with van der Waals surface area (Å²) in [5.74, 6) is -1.59. The Labute approximate surface area is 215 Å². The number of hydrogen-bond acceptors (Lipinski definition) is 5. The van der Waals surface area contributed by atoms with Gasteiger partial charge in [-0.1, -0.05) is 13.3 Å². The van der Waals surface area contributed by atoms with Crippen LogP contribution in [0, 0.1) is 5.82 Å². The molecule has 0 aliphatic heterocycles. The number of rotatable bonds is 7.